The molecule has 1 aliphatic rings. The number of Topliss-reactive ketones (excluding diaryl/α,β-unsaturated/α-hetero) is 1. The Morgan fingerprint density at radius 2 is 2.29 bits per heavy atom. The Labute approximate surface area is 87.0 Å². The molecule has 0 aliphatic carbocycles. The first-order valence-electron chi connectivity index (χ1n) is 5.79. The molecule has 0 radical (unpaired) electrons. The second kappa shape index (κ2) is 5.50. The molecule has 3 unspecified atom stereocenters. The summed E-state index contributed by atoms with van der Waals surface area (Å²) < 4.78 is 5.46. The van der Waals surface area contributed by atoms with E-state index >= 15 is 0 Å². The van der Waals surface area contributed by atoms with Crippen LogP contribution >= 0.6 is 0 Å². The largest absolute Gasteiger partial charge is 0.370 e. The molecule has 2 heteroatoms. The summed E-state index contributed by atoms with van der Waals surface area (Å²) in [6.45, 7) is 7.19. The van der Waals surface area contributed by atoms with Crippen molar-refractivity contribution in [1.29, 1.82) is 0 Å². The lowest BCUT2D eigenvalue weighted by atomic mass is 9.92. The van der Waals surface area contributed by atoms with E-state index in [-0.39, 0.29) is 6.10 Å². The molecule has 1 saturated heterocycles. The Hall–Kier alpha value is -0.370. The van der Waals surface area contributed by atoms with Crippen LogP contribution < -0.4 is 0 Å². The van der Waals surface area contributed by atoms with Crippen molar-refractivity contribution in [3.8, 4) is 0 Å². The Bertz CT molecular complexity index is 189. The molecule has 1 heterocycles. The summed E-state index contributed by atoms with van der Waals surface area (Å²) in [5, 5.41) is 0. The fourth-order valence-corrected chi connectivity index (χ4v) is 2.16. The van der Waals surface area contributed by atoms with Gasteiger partial charge in [-0.15, -0.1) is 0 Å². The quantitative estimate of drug-likeness (QED) is 0.679. The highest BCUT2D eigenvalue weighted by molar-refractivity contribution is 5.83. The van der Waals surface area contributed by atoms with Crippen molar-refractivity contribution in [2.45, 2.75) is 52.6 Å². The second-order valence-corrected chi connectivity index (χ2v) is 4.62. The minimum absolute atomic E-state index is 0.102. The SMILES string of the molecule is CCCC(C)CC(=O)C1OCCC1C. The molecular formula is C12H22O2. The molecule has 0 aromatic rings. The van der Waals surface area contributed by atoms with E-state index in [9.17, 15) is 4.79 Å². The summed E-state index contributed by atoms with van der Waals surface area (Å²) in [5.41, 5.74) is 0. The van der Waals surface area contributed by atoms with Crippen LogP contribution in [-0.4, -0.2) is 18.5 Å². The fraction of sp³-hybridized carbons (Fsp3) is 0.917. The molecular weight excluding hydrogens is 176 g/mol. The summed E-state index contributed by atoms with van der Waals surface area (Å²) in [6, 6.07) is 0. The second-order valence-electron chi connectivity index (χ2n) is 4.62. The molecule has 3 atom stereocenters. The number of rotatable bonds is 5. The molecule has 1 rings (SSSR count). The van der Waals surface area contributed by atoms with Crippen LogP contribution in [0.1, 0.15) is 46.5 Å². The zero-order chi connectivity index (χ0) is 10.6. The van der Waals surface area contributed by atoms with Gasteiger partial charge in [0.1, 0.15) is 6.10 Å². The van der Waals surface area contributed by atoms with Crippen molar-refractivity contribution in [2.24, 2.45) is 11.8 Å². The van der Waals surface area contributed by atoms with E-state index in [1.165, 1.54) is 0 Å². The number of carbonyl (C=O) groups is 1. The molecule has 0 spiro atoms. The van der Waals surface area contributed by atoms with Gasteiger partial charge >= 0.3 is 0 Å². The zero-order valence-electron chi connectivity index (χ0n) is 9.58. The molecule has 0 aromatic heterocycles. The maximum atomic E-state index is 11.8. The van der Waals surface area contributed by atoms with E-state index in [1.54, 1.807) is 0 Å². The van der Waals surface area contributed by atoms with E-state index in [0.717, 1.165) is 25.9 Å². The monoisotopic (exact) mass is 198 g/mol. The molecule has 0 N–H and O–H groups in total. The molecule has 0 amide bonds. The minimum atomic E-state index is -0.102. The first-order chi connectivity index (χ1) is 6.65. The van der Waals surface area contributed by atoms with Crippen LogP contribution in [0.4, 0.5) is 0 Å². The third-order valence-corrected chi connectivity index (χ3v) is 3.04. The molecule has 0 saturated carbocycles. The first kappa shape index (κ1) is 11.7. The average molecular weight is 198 g/mol. The van der Waals surface area contributed by atoms with Gasteiger partial charge in [0.05, 0.1) is 0 Å². The van der Waals surface area contributed by atoms with Crippen LogP contribution in [0.2, 0.25) is 0 Å². The molecule has 1 aliphatic heterocycles. The maximum absolute atomic E-state index is 11.8. The molecule has 82 valence electrons. The number of carbonyl (C=O) groups excluding carboxylic acids is 1. The molecule has 0 bridgehead atoms. The third kappa shape index (κ3) is 3.09. The highest BCUT2D eigenvalue weighted by Crippen LogP contribution is 2.23. The van der Waals surface area contributed by atoms with Gasteiger partial charge in [0.15, 0.2) is 5.78 Å². The van der Waals surface area contributed by atoms with Crippen molar-refractivity contribution in [3.63, 3.8) is 0 Å². The van der Waals surface area contributed by atoms with Crippen LogP contribution in [0.5, 0.6) is 0 Å². The average Bonchev–Trinajstić information content (AvgIpc) is 2.51. The summed E-state index contributed by atoms with van der Waals surface area (Å²) in [4.78, 5) is 11.8. The van der Waals surface area contributed by atoms with Crippen molar-refractivity contribution in [1.82, 2.24) is 0 Å². The van der Waals surface area contributed by atoms with E-state index in [0.29, 0.717) is 24.0 Å². The normalized spacial score (nSPS) is 29.1. The van der Waals surface area contributed by atoms with Crippen molar-refractivity contribution in [2.75, 3.05) is 6.61 Å². The maximum Gasteiger partial charge on any atom is 0.162 e. The Morgan fingerprint density at radius 3 is 2.79 bits per heavy atom. The van der Waals surface area contributed by atoms with Crippen molar-refractivity contribution >= 4 is 5.78 Å². The number of hydrogen-bond acceptors (Lipinski definition) is 2. The molecule has 1 fully saturated rings. The third-order valence-electron chi connectivity index (χ3n) is 3.04. The number of ether oxygens (including phenoxy) is 1. The van der Waals surface area contributed by atoms with Gasteiger partial charge in [0.25, 0.3) is 0 Å². The van der Waals surface area contributed by atoms with Gasteiger partial charge in [-0.1, -0.05) is 33.6 Å². The van der Waals surface area contributed by atoms with Gasteiger partial charge in [0.2, 0.25) is 0 Å². The van der Waals surface area contributed by atoms with E-state index in [1.807, 2.05) is 0 Å². The predicted octanol–water partition coefficient (Wildman–Crippen LogP) is 2.81. The lowest BCUT2D eigenvalue weighted by Crippen LogP contribution is -2.26. The summed E-state index contributed by atoms with van der Waals surface area (Å²) in [5.74, 6) is 1.26. The molecule has 2 nitrogen and oxygen atoms in total. The lowest BCUT2D eigenvalue weighted by Gasteiger charge is -2.16. The van der Waals surface area contributed by atoms with Gasteiger partial charge in [0, 0.05) is 13.0 Å². The van der Waals surface area contributed by atoms with Gasteiger partial charge < -0.3 is 4.74 Å². The minimum Gasteiger partial charge on any atom is -0.370 e. The van der Waals surface area contributed by atoms with Crippen LogP contribution in [0, 0.1) is 11.8 Å². The fourth-order valence-electron chi connectivity index (χ4n) is 2.16. The lowest BCUT2D eigenvalue weighted by molar-refractivity contribution is -0.130. The first-order valence-corrected chi connectivity index (χ1v) is 5.79. The van der Waals surface area contributed by atoms with E-state index in [2.05, 4.69) is 20.8 Å². The van der Waals surface area contributed by atoms with E-state index < -0.39 is 0 Å². The van der Waals surface area contributed by atoms with Gasteiger partial charge in [-0.25, -0.2) is 0 Å². The zero-order valence-corrected chi connectivity index (χ0v) is 9.58. The highest BCUT2D eigenvalue weighted by atomic mass is 16.5. The topological polar surface area (TPSA) is 26.3 Å². The van der Waals surface area contributed by atoms with Crippen LogP contribution in [0.25, 0.3) is 0 Å². The van der Waals surface area contributed by atoms with Crippen molar-refractivity contribution in [3.05, 3.63) is 0 Å². The highest BCUT2D eigenvalue weighted by Gasteiger charge is 2.30. The summed E-state index contributed by atoms with van der Waals surface area (Å²) in [6.07, 6.45) is 3.94. The predicted molar refractivity (Wildman–Crippen MR) is 57.2 cm³/mol. The van der Waals surface area contributed by atoms with Crippen molar-refractivity contribution < 1.29 is 9.53 Å². The molecule has 0 aromatic carbocycles. The van der Waals surface area contributed by atoms with E-state index in [4.69, 9.17) is 4.74 Å². The van der Waals surface area contributed by atoms with Crippen LogP contribution in [0.3, 0.4) is 0 Å². The van der Waals surface area contributed by atoms with Gasteiger partial charge in [-0.3, -0.25) is 4.79 Å². The van der Waals surface area contributed by atoms with Gasteiger partial charge in [-0.05, 0) is 18.3 Å². The van der Waals surface area contributed by atoms with Gasteiger partial charge in [-0.2, -0.15) is 0 Å². The number of hydrogen-bond donors (Lipinski definition) is 0. The Morgan fingerprint density at radius 1 is 1.57 bits per heavy atom. The summed E-state index contributed by atoms with van der Waals surface area (Å²) in [7, 11) is 0. The Kier molecular flexibility index (Phi) is 4.59. The molecule has 14 heavy (non-hydrogen) atoms. The van der Waals surface area contributed by atoms with Crippen LogP contribution in [-0.2, 0) is 9.53 Å². The Balaban J connectivity index is 2.33. The van der Waals surface area contributed by atoms with Crippen LogP contribution in [0.15, 0.2) is 0 Å². The standard InChI is InChI=1S/C12H22O2/c1-4-5-9(2)8-11(13)12-10(3)6-7-14-12/h9-10,12H,4-8H2,1-3H3. The smallest absolute Gasteiger partial charge is 0.162 e. The number of ketones is 1. The summed E-state index contributed by atoms with van der Waals surface area (Å²) >= 11 is 0.